The van der Waals surface area contributed by atoms with Crippen LogP contribution in [0.25, 0.3) is 21.5 Å². The molecule has 6 rings (SSSR count). The van der Waals surface area contributed by atoms with E-state index in [0.29, 0.717) is 0 Å². The third-order valence-corrected chi connectivity index (χ3v) is 25.6. The van der Waals surface area contributed by atoms with Crippen molar-refractivity contribution in [1.82, 2.24) is 0 Å². The Balaban J connectivity index is 0.000000163. The summed E-state index contributed by atoms with van der Waals surface area (Å²) in [5.74, 6) is 0. The van der Waals surface area contributed by atoms with Crippen LogP contribution < -0.4 is 10.4 Å². The van der Waals surface area contributed by atoms with Crippen LogP contribution in [-0.2, 0) is 30.8 Å². The summed E-state index contributed by atoms with van der Waals surface area (Å²) in [5, 5.41) is 8.63. The molecule has 6 aromatic carbocycles. The van der Waals surface area contributed by atoms with Gasteiger partial charge in [0, 0.05) is 0 Å². The van der Waals surface area contributed by atoms with E-state index in [-0.39, 0.29) is 0 Å². The zero-order valence-corrected chi connectivity index (χ0v) is 35.2. The number of halogens is 2. The van der Waals surface area contributed by atoms with E-state index in [1.54, 1.807) is 0 Å². The Morgan fingerprint density at radius 3 is 1.25 bits per heavy atom. The second-order valence-corrected chi connectivity index (χ2v) is 32.3. The Labute approximate surface area is 305 Å². The zero-order chi connectivity index (χ0) is 34.8. The maximum absolute atomic E-state index is 6.32. The van der Waals surface area contributed by atoms with Crippen molar-refractivity contribution < 1.29 is 18.0 Å². The van der Waals surface area contributed by atoms with Gasteiger partial charge in [-0.3, -0.25) is 0 Å². The third kappa shape index (κ3) is 9.51. The molecule has 0 nitrogen and oxygen atoms in total. The maximum atomic E-state index is 6.32. The molecule has 6 aromatic rings. The van der Waals surface area contributed by atoms with Gasteiger partial charge < -0.3 is 0 Å². The summed E-state index contributed by atoms with van der Waals surface area (Å²) in [6, 6.07) is 34.7. The van der Waals surface area contributed by atoms with Crippen molar-refractivity contribution in [2.24, 2.45) is 0 Å². The van der Waals surface area contributed by atoms with Crippen molar-refractivity contribution in [2.75, 3.05) is 0 Å². The Bertz CT molecular complexity index is 1820. The standard InChI is InChI=1S/2C16H21.C12H10Si.2ClH.Zr/c2*1-5-6-7-14-9-8-11(2)15-10-12(3)13(4)16(14)15;1-3-7-11(8-4-1)13-12-9-5-2-6-10-12;;;/h2*8-10H,5-7H2,1-4H3;1-10H;2*1H;/q2*-1;;;;+2/p-2. The van der Waals surface area contributed by atoms with Gasteiger partial charge in [0.25, 0.3) is 0 Å². The fourth-order valence-electron chi connectivity index (χ4n) is 6.58. The van der Waals surface area contributed by atoms with Gasteiger partial charge in [0.05, 0.1) is 0 Å². The molecular weight excluding hydrogens is 719 g/mol. The molecule has 48 heavy (non-hydrogen) atoms. The fourth-order valence-corrected chi connectivity index (χ4v) is 21.8. The second kappa shape index (κ2) is 18.7. The van der Waals surface area contributed by atoms with E-state index in [1.165, 1.54) is 115 Å². The summed E-state index contributed by atoms with van der Waals surface area (Å²) in [6.07, 6.45) is 7.57. The van der Waals surface area contributed by atoms with Gasteiger partial charge in [0.1, 0.15) is 0 Å². The van der Waals surface area contributed by atoms with Crippen LogP contribution in [-0.4, -0.2) is 5.43 Å². The molecule has 4 heteroatoms. The molecule has 252 valence electrons. The van der Waals surface area contributed by atoms with E-state index >= 15 is 0 Å². The molecule has 0 saturated heterocycles. The SMILES string of the molecule is CCCCc1ccc(C)c2[cH-]c(C)c(C)c12.CCCCc1ccc(C)c2[cH-]c(C)c(C)c12.[Cl][Zr]([Cl])=[Si](c1ccccc1)c1ccccc1. The van der Waals surface area contributed by atoms with Gasteiger partial charge in [-0.05, 0) is 12.8 Å². The van der Waals surface area contributed by atoms with Crippen molar-refractivity contribution in [2.45, 2.75) is 93.9 Å². The van der Waals surface area contributed by atoms with E-state index in [4.69, 9.17) is 17.0 Å². The van der Waals surface area contributed by atoms with Crippen molar-refractivity contribution in [1.29, 1.82) is 0 Å². The number of rotatable bonds is 8. The monoisotopic (exact) mass is 768 g/mol. The Kier molecular flexibility index (Phi) is 15.0. The van der Waals surface area contributed by atoms with Crippen LogP contribution in [0.15, 0.2) is 97.1 Å². The molecule has 0 bridgehead atoms. The van der Waals surface area contributed by atoms with Crippen LogP contribution in [0.1, 0.15) is 84.0 Å². The zero-order valence-electron chi connectivity index (χ0n) is 30.2. The molecule has 0 radical (unpaired) electrons. The number of fused-ring (bicyclic) bond motifs is 2. The number of hydrogen-bond acceptors (Lipinski definition) is 0. The normalized spacial score (nSPS) is 10.8. The van der Waals surface area contributed by atoms with E-state index in [0.717, 1.165) is 0 Å². The summed E-state index contributed by atoms with van der Waals surface area (Å²) < 4.78 is 0. The molecule has 0 aliphatic heterocycles. The van der Waals surface area contributed by atoms with Gasteiger partial charge >= 0.3 is 111 Å². The molecular formula is C44H52Cl2SiZr-2. The number of unbranched alkanes of at least 4 members (excludes halogenated alkanes) is 2. The predicted molar refractivity (Wildman–Crippen MR) is 214 cm³/mol. The van der Waals surface area contributed by atoms with Crippen LogP contribution in [0, 0.1) is 41.5 Å². The molecule has 0 spiro atoms. The molecule has 0 fully saturated rings. The molecule has 0 saturated carbocycles. The van der Waals surface area contributed by atoms with Gasteiger partial charge in [0.15, 0.2) is 0 Å². The predicted octanol–water partition coefficient (Wildman–Crippen LogP) is 12.4. The van der Waals surface area contributed by atoms with Crippen molar-refractivity contribution >= 4 is 54.4 Å². The van der Waals surface area contributed by atoms with Crippen molar-refractivity contribution in [3.8, 4) is 0 Å². The van der Waals surface area contributed by atoms with E-state index in [9.17, 15) is 0 Å². The van der Waals surface area contributed by atoms with Gasteiger partial charge in [-0.25, -0.2) is 0 Å². The molecule has 0 aliphatic rings. The first-order valence-electron chi connectivity index (χ1n) is 17.5. The van der Waals surface area contributed by atoms with Gasteiger partial charge in [-0.2, -0.15) is 11.1 Å². The van der Waals surface area contributed by atoms with Crippen LogP contribution in [0.3, 0.4) is 0 Å². The van der Waals surface area contributed by atoms with Gasteiger partial charge in [0.2, 0.25) is 0 Å². The number of aryl methyl sites for hydroxylation is 8. The van der Waals surface area contributed by atoms with E-state index < -0.39 is 23.4 Å². The van der Waals surface area contributed by atoms with Crippen LogP contribution in [0.2, 0.25) is 0 Å². The first-order chi connectivity index (χ1) is 23.1. The summed E-state index contributed by atoms with van der Waals surface area (Å²) in [6.45, 7) is 17.9. The Morgan fingerprint density at radius 1 is 0.542 bits per heavy atom. The molecule has 0 amide bonds. The first-order valence-corrected chi connectivity index (χ1v) is 29.1. The van der Waals surface area contributed by atoms with E-state index in [1.807, 2.05) is 12.1 Å². The molecule has 0 atom stereocenters. The number of hydrogen-bond donors (Lipinski definition) is 0. The van der Waals surface area contributed by atoms with Crippen LogP contribution in [0.4, 0.5) is 0 Å². The second-order valence-electron chi connectivity index (χ2n) is 13.1. The topological polar surface area (TPSA) is 0 Å². The fraction of sp³-hybridized carbons (Fsp3) is 0.318. The van der Waals surface area contributed by atoms with Crippen molar-refractivity contribution in [3.63, 3.8) is 0 Å². The number of benzene rings is 4. The molecule has 0 unspecified atom stereocenters. The van der Waals surface area contributed by atoms with Gasteiger partial charge in [-0.15, -0.1) is 68.1 Å². The quantitative estimate of drug-likeness (QED) is 0.107. The summed E-state index contributed by atoms with van der Waals surface area (Å²) >= 11 is -2.26. The third-order valence-electron chi connectivity index (χ3n) is 9.67. The molecule has 0 aliphatic carbocycles. The average molecular weight is 771 g/mol. The Hall–Kier alpha value is -2.22. The molecule has 0 heterocycles. The summed E-state index contributed by atoms with van der Waals surface area (Å²) in [4.78, 5) is 0. The van der Waals surface area contributed by atoms with Crippen molar-refractivity contribution in [3.05, 3.63) is 142 Å². The summed E-state index contributed by atoms with van der Waals surface area (Å²) in [7, 11) is 12.6. The molecule has 0 N–H and O–H groups in total. The van der Waals surface area contributed by atoms with E-state index in [2.05, 4.69) is 140 Å². The van der Waals surface area contributed by atoms with Gasteiger partial charge in [-0.1, -0.05) is 104 Å². The Morgan fingerprint density at radius 2 is 0.917 bits per heavy atom. The van der Waals surface area contributed by atoms with Crippen LogP contribution >= 0.6 is 17.0 Å². The summed E-state index contributed by atoms with van der Waals surface area (Å²) in [5.41, 5.74) is 10.8. The minimum absolute atomic E-state index is 0.889. The average Bonchev–Trinajstić information content (AvgIpc) is 3.57. The first kappa shape index (κ1) is 38.6. The minimum atomic E-state index is -2.26. The molecule has 0 aromatic heterocycles. The van der Waals surface area contributed by atoms with Crippen LogP contribution in [0.5, 0.6) is 0 Å².